The molecule has 2 aliphatic heterocycles. The lowest BCUT2D eigenvalue weighted by molar-refractivity contribution is -0.126. The number of aromatic amines is 1. The van der Waals surface area contributed by atoms with E-state index in [0.29, 0.717) is 27.5 Å². The summed E-state index contributed by atoms with van der Waals surface area (Å²) in [5, 5.41) is 7.38. The van der Waals surface area contributed by atoms with Crippen molar-refractivity contribution >= 4 is 55.7 Å². The molecule has 2 aromatic heterocycles. The Morgan fingerprint density at radius 1 is 1.26 bits per heavy atom. The third kappa shape index (κ3) is 4.33. The number of hydrogen-bond acceptors (Lipinski definition) is 7. The number of nitrogens with zero attached hydrogens (tertiary/aromatic N) is 3. The number of fused-ring (bicyclic) bond motifs is 2. The smallest absolute Gasteiger partial charge is 0.283 e. The van der Waals surface area contributed by atoms with E-state index in [1.165, 1.54) is 33.7 Å². The molecule has 5 rings (SSSR count). The number of sulfonamides is 1. The number of amides is 2. The van der Waals surface area contributed by atoms with Crippen molar-refractivity contribution in [1.29, 1.82) is 0 Å². The number of rotatable bonds is 4. The first-order chi connectivity index (χ1) is 16.7. The average molecular weight is 537 g/mol. The summed E-state index contributed by atoms with van der Waals surface area (Å²) in [5.74, 6) is -0.597. The zero-order chi connectivity index (χ0) is 24.9. The second-order valence-electron chi connectivity index (χ2n) is 8.72. The summed E-state index contributed by atoms with van der Waals surface area (Å²) in [6.45, 7) is 3.47. The average Bonchev–Trinajstić information content (AvgIpc) is 3.48. The summed E-state index contributed by atoms with van der Waals surface area (Å²) in [4.78, 5) is 36.1. The number of H-pyrrole nitrogens is 1. The number of nitrogens with one attached hydrogen (secondary N) is 3. The van der Waals surface area contributed by atoms with Crippen LogP contribution in [0.5, 0.6) is 0 Å². The SMILES string of the molecule is CNC(=O)C1CN(S(=O)(=O)c2cc3cc(Cl)ccc3[nH]2)CCN1C(=O)c1nc2c(s1)CNCC2C. The normalized spacial score (nSPS) is 21.2. The van der Waals surface area contributed by atoms with Crippen LogP contribution in [-0.4, -0.2) is 78.7 Å². The molecule has 35 heavy (non-hydrogen) atoms. The molecule has 3 aromatic rings. The van der Waals surface area contributed by atoms with E-state index in [-0.39, 0.29) is 36.5 Å². The second kappa shape index (κ2) is 9.17. The summed E-state index contributed by atoms with van der Waals surface area (Å²) in [5.41, 5.74) is 1.55. The molecule has 1 fully saturated rings. The molecule has 1 aromatic carbocycles. The van der Waals surface area contributed by atoms with Crippen LogP contribution in [0.15, 0.2) is 29.3 Å². The number of likely N-dealkylation sites (N-methyl/N-ethyl adjacent to an activating group) is 1. The number of benzene rings is 1. The first-order valence-electron chi connectivity index (χ1n) is 11.2. The number of carbonyl (C=O) groups is 2. The van der Waals surface area contributed by atoms with Crippen molar-refractivity contribution in [3.05, 3.63) is 44.9 Å². The van der Waals surface area contributed by atoms with Gasteiger partial charge in [0.25, 0.3) is 15.9 Å². The summed E-state index contributed by atoms with van der Waals surface area (Å²) >= 11 is 7.36. The topological polar surface area (TPSA) is 128 Å². The molecular formula is C22H25ClN6O4S2. The van der Waals surface area contributed by atoms with Gasteiger partial charge < -0.3 is 20.5 Å². The van der Waals surface area contributed by atoms with E-state index in [1.54, 1.807) is 18.2 Å². The van der Waals surface area contributed by atoms with Crippen LogP contribution in [-0.2, 0) is 21.4 Å². The van der Waals surface area contributed by atoms with Gasteiger partial charge in [-0.15, -0.1) is 11.3 Å². The maximum atomic E-state index is 13.4. The molecule has 0 radical (unpaired) electrons. The predicted octanol–water partition coefficient (Wildman–Crippen LogP) is 1.75. The van der Waals surface area contributed by atoms with Crippen molar-refractivity contribution < 1.29 is 18.0 Å². The van der Waals surface area contributed by atoms with Crippen molar-refractivity contribution in [2.45, 2.75) is 30.5 Å². The van der Waals surface area contributed by atoms with E-state index >= 15 is 0 Å². The fourth-order valence-corrected chi connectivity index (χ4v) is 7.29. The van der Waals surface area contributed by atoms with E-state index in [0.717, 1.165) is 17.1 Å². The van der Waals surface area contributed by atoms with Crippen molar-refractivity contribution in [1.82, 2.24) is 29.8 Å². The lowest BCUT2D eigenvalue weighted by Gasteiger charge is -2.39. The van der Waals surface area contributed by atoms with Crippen LogP contribution < -0.4 is 10.6 Å². The fourth-order valence-electron chi connectivity index (χ4n) is 4.55. The van der Waals surface area contributed by atoms with Gasteiger partial charge in [-0.2, -0.15) is 4.31 Å². The zero-order valence-electron chi connectivity index (χ0n) is 19.2. The van der Waals surface area contributed by atoms with Crippen molar-refractivity contribution in [2.24, 2.45) is 0 Å². The second-order valence-corrected chi connectivity index (χ2v) is 12.1. The molecule has 4 heterocycles. The Morgan fingerprint density at radius 3 is 2.80 bits per heavy atom. The number of hydrogen-bond donors (Lipinski definition) is 3. The minimum absolute atomic E-state index is 0.0132. The number of carbonyl (C=O) groups excluding carboxylic acids is 2. The van der Waals surface area contributed by atoms with Gasteiger partial charge >= 0.3 is 0 Å². The van der Waals surface area contributed by atoms with E-state index < -0.39 is 22.0 Å². The van der Waals surface area contributed by atoms with E-state index in [9.17, 15) is 18.0 Å². The molecule has 0 aliphatic carbocycles. The number of piperazine rings is 1. The Labute approximate surface area is 211 Å². The summed E-state index contributed by atoms with van der Waals surface area (Å²) in [7, 11) is -2.47. The number of aromatic nitrogens is 2. The predicted molar refractivity (Wildman–Crippen MR) is 133 cm³/mol. The standard InChI is InChI=1S/C22H25ClN6O4S2/c1-12-9-25-10-17-19(12)27-21(34-17)22(31)29-6-5-28(11-16(29)20(30)24-2)35(32,33)18-8-13-7-14(23)3-4-15(13)26-18/h3-4,7-8,12,16,25-26H,5-6,9-11H2,1-2H3,(H,24,30). The fraction of sp³-hybridized carbons (Fsp3) is 0.409. The molecule has 2 aliphatic rings. The van der Waals surface area contributed by atoms with Crippen molar-refractivity contribution in [3.63, 3.8) is 0 Å². The van der Waals surface area contributed by atoms with Crippen molar-refractivity contribution in [2.75, 3.05) is 33.2 Å². The van der Waals surface area contributed by atoms with Crippen LogP contribution in [0.4, 0.5) is 0 Å². The highest BCUT2D eigenvalue weighted by atomic mass is 35.5. The third-order valence-corrected chi connectivity index (χ3v) is 9.52. The van der Waals surface area contributed by atoms with Gasteiger partial charge in [-0.05, 0) is 24.3 Å². The maximum absolute atomic E-state index is 13.4. The molecule has 0 saturated carbocycles. The van der Waals surface area contributed by atoms with Gasteiger partial charge in [-0.3, -0.25) is 9.59 Å². The Kier molecular flexibility index (Phi) is 6.34. The van der Waals surface area contributed by atoms with Gasteiger partial charge in [-0.1, -0.05) is 18.5 Å². The first kappa shape index (κ1) is 24.2. The molecule has 186 valence electrons. The third-order valence-electron chi connectivity index (χ3n) is 6.44. The molecule has 2 unspecified atom stereocenters. The lowest BCUT2D eigenvalue weighted by Crippen LogP contribution is -2.61. The van der Waals surface area contributed by atoms with Gasteiger partial charge in [-0.25, -0.2) is 13.4 Å². The highest BCUT2D eigenvalue weighted by Crippen LogP contribution is 2.30. The maximum Gasteiger partial charge on any atom is 0.283 e. The molecular weight excluding hydrogens is 512 g/mol. The summed E-state index contributed by atoms with van der Waals surface area (Å²) in [6, 6.07) is 5.62. The zero-order valence-corrected chi connectivity index (χ0v) is 21.6. The van der Waals surface area contributed by atoms with Crippen LogP contribution in [0.3, 0.4) is 0 Å². The van der Waals surface area contributed by atoms with Crippen LogP contribution in [0.25, 0.3) is 10.9 Å². The molecule has 10 nitrogen and oxygen atoms in total. The van der Waals surface area contributed by atoms with E-state index in [2.05, 4.69) is 20.6 Å². The van der Waals surface area contributed by atoms with E-state index in [1.807, 2.05) is 6.92 Å². The van der Waals surface area contributed by atoms with Gasteiger partial charge in [0.1, 0.15) is 11.1 Å². The van der Waals surface area contributed by atoms with Crippen LogP contribution >= 0.6 is 22.9 Å². The first-order valence-corrected chi connectivity index (χ1v) is 13.8. The molecule has 1 saturated heterocycles. The molecule has 0 spiro atoms. The molecule has 13 heteroatoms. The minimum atomic E-state index is -3.94. The van der Waals surface area contributed by atoms with Gasteiger partial charge in [0.15, 0.2) is 5.01 Å². The van der Waals surface area contributed by atoms with Crippen LogP contribution in [0.1, 0.15) is 33.2 Å². The molecule has 2 amide bonds. The van der Waals surface area contributed by atoms with Gasteiger partial charge in [0, 0.05) is 66.5 Å². The minimum Gasteiger partial charge on any atom is -0.357 e. The Morgan fingerprint density at radius 2 is 2.06 bits per heavy atom. The Hall–Kier alpha value is -2.51. The van der Waals surface area contributed by atoms with Gasteiger partial charge in [0.2, 0.25) is 5.91 Å². The van der Waals surface area contributed by atoms with Crippen molar-refractivity contribution in [3.8, 4) is 0 Å². The molecule has 3 N–H and O–H groups in total. The summed E-state index contributed by atoms with van der Waals surface area (Å²) in [6.07, 6.45) is 0. The lowest BCUT2D eigenvalue weighted by atomic mass is 10.0. The largest absolute Gasteiger partial charge is 0.357 e. The van der Waals surface area contributed by atoms with Crippen LogP contribution in [0.2, 0.25) is 5.02 Å². The number of thiazole rings is 1. The quantitative estimate of drug-likeness (QED) is 0.466. The number of halogens is 1. The molecule has 0 bridgehead atoms. The monoisotopic (exact) mass is 536 g/mol. The Bertz CT molecular complexity index is 1420. The van der Waals surface area contributed by atoms with E-state index in [4.69, 9.17) is 11.6 Å². The summed E-state index contributed by atoms with van der Waals surface area (Å²) < 4.78 is 28.1. The molecule has 2 atom stereocenters. The highest BCUT2D eigenvalue weighted by molar-refractivity contribution is 7.89. The Balaban J connectivity index is 1.41. The highest BCUT2D eigenvalue weighted by Gasteiger charge is 2.41. The van der Waals surface area contributed by atoms with Crippen LogP contribution in [0, 0.1) is 0 Å². The van der Waals surface area contributed by atoms with Gasteiger partial charge in [0.05, 0.1) is 5.69 Å².